The van der Waals surface area contributed by atoms with Gasteiger partial charge in [-0.3, -0.25) is 4.79 Å². The molecular formula is C16H25ClN2O3. The molecule has 0 bridgehead atoms. The van der Waals surface area contributed by atoms with Crippen LogP contribution in [0.25, 0.3) is 0 Å². The lowest BCUT2D eigenvalue weighted by atomic mass is 9.95. The molecule has 2 fully saturated rings. The number of amides is 1. The molecule has 0 aromatic carbocycles. The van der Waals surface area contributed by atoms with E-state index < -0.39 is 0 Å². The number of aryl methyl sites for hydroxylation is 1. The molecule has 3 heterocycles. The van der Waals surface area contributed by atoms with Crippen molar-refractivity contribution >= 4 is 18.3 Å². The standard InChI is InChI=1S/C16H24N2O3.ClH/c1-2-13-3-4-15(21-13)14-11-20-10-9-18(14)16(19)12-5-7-17-8-6-12;/h3-4,12,14,17H,2,5-11H2,1H3;1H. The molecule has 1 atom stereocenters. The molecule has 2 aliphatic heterocycles. The lowest BCUT2D eigenvalue weighted by Crippen LogP contribution is -2.47. The van der Waals surface area contributed by atoms with Crippen LogP contribution in [-0.4, -0.2) is 43.7 Å². The van der Waals surface area contributed by atoms with Crippen LogP contribution in [0.2, 0.25) is 0 Å². The predicted molar refractivity (Wildman–Crippen MR) is 86.2 cm³/mol. The normalized spacial score (nSPS) is 23.1. The summed E-state index contributed by atoms with van der Waals surface area (Å²) in [6.07, 6.45) is 2.73. The van der Waals surface area contributed by atoms with Crippen molar-refractivity contribution in [2.75, 3.05) is 32.8 Å². The maximum Gasteiger partial charge on any atom is 0.226 e. The van der Waals surface area contributed by atoms with Gasteiger partial charge < -0.3 is 19.4 Å². The van der Waals surface area contributed by atoms with E-state index in [1.54, 1.807) is 0 Å². The Labute approximate surface area is 137 Å². The van der Waals surface area contributed by atoms with Gasteiger partial charge in [0.05, 0.1) is 13.2 Å². The molecule has 1 unspecified atom stereocenters. The minimum atomic E-state index is -0.0681. The van der Waals surface area contributed by atoms with Crippen molar-refractivity contribution in [2.45, 2.75) is 32.2 Å². The highest BCUT2D eigenvalue weighted by Gasteiger charge is 2.34. The molecule has 1 aromatic heterocycles. The number of hydrogen-bond acceptors (Lipinski definition) is 4. The highest BCUT2D eigenvalue weighted by molar-refractivity contribution is 5.85. The summed E-state index contributed by atoms with van der Waals surface area (Å²) < 4.78 is 11.4. The number of furan rings is 1. The first-order chi connectivity index (χ1) is 10.3. The summed E-state index contributed by atoms with van der Waals surface area (Å²) in [5.74, 6) is 2.23. The zero-order valence-electron chi connectivity index (χ0n) is 13.0. The molecule has 2 aliphatic rings. The molecule has 2 saturated heterocycles. The number of morpholine rings is 1. The highest BCUT2D eigenvalue weighted by Crippen LogP contribution is 2.29. The van der Waals surface area contributed by atoms with Gasteiger partial charge in [0.15, 0.2) is 0 Å². The van der Waals surface area contributed by atoms with Crippen LogP contribution in [0.15, 0.2) is 16.5 Å². The Morgan fingerprint density at radius 2 is 2.14 bits per heavy atom. The maximum absolute atomic E-state index is 12.8. The van der Waals surface area contributed by atoms with Crippen molar-refractivity contribution in [3.05, 3.63) is 23.7 Å². The molecule has 0 radical (unpaired) electrons. The van der Waals surface area contributed by atoms with Gasteiger partial charge in [0.2, 0.25) is 5.91 Å². The van der Waals surface area contributed by atoms with Gasteiger partial charge in [-0.15, -0.1) is 12.4 Å². The fraction of sp³-hybridized carbons (Fsp3) is 0.688. The van der Waals surface area contributed by atoms with Crippen LogP contribution in [0.1, 0.15) is 37.3 Å². The minimum absolute atomic E-state index is 0. The summed E-state index contributed by atoms with van der Waals surface area (Å²) in [7, 11) is 0. The predicted octanol–water partition coefficient (Wildman–Crippen LogP) is 2.16. The van der Waals surface area contributed by atoms with Crippen LogP contribution in [0, 0.1) is 5.92 Å². The quantitative estimate of drug-likeness (QED) is 0.924. The van der Waals surface area contributed by atoms with Crippen LogP contribution in [-0.2, 0) is 16.0 Å². The average molecular weight is 329 g/mol. The van der Waals surface area contributed by atoms with Crippen molar-refractivity contribution in [2.24, 2.45) is 5.92 Å². The molecule has 0 saturated carbocycles. The van der Waals surface area contributed by atoms with Gasteiger partial charge in [-0.05, 0) is 38.1 Å². The van der Waals surface area contributed by atoms with Gasteiger partial charge in [0.1, 0.15) is 17.6 Å². The van der Waals surface area contributed by atoms with Gasteiger partial charge in [-0.2, -0.15) is 0 Å². The Bertz CT molecular complexity index is 485. The molecule has 3 rings (SSSR count). The van der Waals surface area contributed by atoms with E-state index in [2.05, 4.69) is 12.2 Å². The number of piperidine rings is 1. The van der Waals surface area contributed by atoms with Crippen molar-refractivity contribution in [3.8, 4) is 0 Å². The molecule has 0 aliphatic carbocycles. The summed E-state index contributed by atoms with van der Waals surface area (Å²) in [5, 5.41) is 3.31. The first kappa shape index (κ1) is 17.3. The molecule has 124 valence electrons. The monoisotopic (exact) mass is 328 g/mol. The summed E-state index contributed by atoms with van der Waals surface area (Å²) >= 11 is 0. The van der Waals surface area contributed by atoms with Crippen LogP contribution >= 0.6 is 12.4 Å². The smallest absolute Gasteiger partial charge is 0.226 e. The maximum atomic E-state index is 12.8. The second kappa shape index (κ2) is 7.99. The third kappa shape index (κ3) is 3.65. The Morgan fingerprint density at radius 1 is 1.36 bits per heavy atom. The second-order valence-corrected chi connectivity index (χ2v) is 5.80. The SMILES string of the molecule is CCc1ccc(C2COCCN2C(=O)C2CCNCC2)o1.Cl. The van der Waals surface area contributed by atoms with Crippen molar-refractivity contribution in [1.82, 2.24) is 10.2 Å². The summed E-state index contributed by atoms with van der Waals surface area (Å²) in [6.45, 7) is 5.76. The number of nitrogens with one attached hydrogen (secondary N) is 1. The third-order valence-electron chi connectivity index (χ3n) is 4.46. The van der Waals surface area contributed by atoms with Crippen molar-refractivity contribution in [1.29, 1.82) is 0 Å². The fourth-order valence-corrected chi connectivity index (χ4v) is 3.17. The van der Waals surface area contributed by atoms with Gasteiger partial charge >= 0.3 is 0 Å². The second-order valence-electron chi connectivity index (χ2n) is 5.80. The number of halogens is 1. The zero-order valence-corrected chi connectivity index (χ0v) is 13.9. The van der Waals surface area contributed by atoms with E-state index >= 15 is 0 Å². The van der Waals surface area contributed by atoms with Gasteiger partial charge in [0.25, 0.3) is 0 Å². The summed E-state index contributed by atoms with van der Waals surface area (Å²) in [6, 6.07) is 3.92. The van der Waals surface area contributed by atoms with Crippen LogP contribution in [0.5, 0.6) is 0 Å². The first-order valence-corrected chi connectivity index (χ1v) is 7.97. The number of carbonyl (C=O) groups excluding carboxylic acids is 1. The first-order valence-electron chi connectivity index (χ1n) is 7.97. The fourth-order valence-electron chi connectivity index (χ4n) is 3.17. The molecule has 22 heavy (non-hydrogen) atoms. The number of nitrogens with zero attached hydrogens (tertiary/aromatic N) is 1. The lowest BCUT2D eigenvalue weighted by Gasteiger charge is -2.37. The van der Waals surface area contributed by atoms with Gasteiger partial charge in [-0.25, -0.2) is 0 Å². The van der Waals surface area contributed by atoms with E-state index in [4.69, 9.17) is 9.15 Å². The van der Waals surface area contributed by atoms with E-state index in [1.165, 1.54) is 0 Å². The lowest BCUT2D eigenvalue weighted by molar-refractivity contribution is -0.146. The van der Waals surface area contributed by atoms with E-state index in [9.17, 15) is 4.79 Å². The van der Waals surface area contributed by atoms with Crippen molar-refractivity contribution < 1.29 is 13.9 Å². The van der Waals surface area contributed by atoms with Crippen LogP contribution < -0.4 is 5.32 Å². The molecule has 1 aromatic rings. The van der Waals surface area contributed by atoms with Crippen LogP contribution in [0.3, 0.4) is 0 Å². The van der Waals surface area contributed by atoms with E-state index in [-0.39, 0.29) is 30.3 Å². The molecule has 0 spiro atoms. The molecular weight excluding hydrogens is 304 g/mol. The number of rotatable bonds is 3. The van der Waals surface area contributed by atoms with E-state index in [1.807, 2.05) is 17.0 Å². The topological polar surface area (TPSA) is 54.7 Å². The van der Waals surface area contributed by atoms with E-state index in [0.29, 0.717) is 19.8 Å². The third-order valence-corrected chi connectivity index (χ3v) is 4.46. The van der Waals surface area contributed by atoms with Gasteiger partial charge in [-0.1, -0.05) is 6.92 Å². The summed E-state index contributed by atoms with van der Waals surface area (Å²) in [5.41, 5.74) is 0. The van der Waals surface area contributed by atoms with E-state index in [0.717, 1.165) is 43.9 Å². The Morgan fingerprint density at radius 3 is 2.82 bits per heavy atom. The Hall–Kier alpha value is -1.04. The summed E-state index contributed by atoms with van der Waals surface area (Å²) in [4.78, 5) is 14.8. The molecule has 1 N–H and O–H groups in total. The Kier molecular flexibility index (Phi) is 6.29. The highest BCUT2D eigenvalue weighted by atomic mass is 35.5. The van der Waals surface area contributed by atoms with Crippen LogP contribution in [0.4, 0.5) is 0 Å². The minimum Gasteiger partial charge on any atom is -0.464 e. The molecule has 1 amide bonds. The molecule has 6 heteroatoms. The van der Waals surface area contributed by atoms with Gasteiger partial charge in [0, 0.05) is 18.9 Å². The Balaban J connectivity index is 0.00000176. The number of hydrogen-bond donors (Lipinski definition) is 1. The number of carbonyl (C=O) groups is 1. The number of ether oxygens (including phenoxy) is 1. The molecule has 5 nitrogen and oxygen atoms in total. The average Bonchev–Trinajstić information content (AvgIpc) is 3.04. The van der Waals surface area contributed by atoms with Crippen molar-refractivity contribution in [3.63, 3.8) is 0 Å². The largest absolute Gasteiger partial charge is 0.464 e. The zero-order chi connectivity index (χ0) is 14.7.